The Morgan fingerprint density at radius 3 is 2.46 bits per heavy atom. The first kappa shape index (κ1) is 17.2. The van der Waals surface area contributed by atoms with E-state index in [0.717, 1.165) is 16.3 Å². The Morgan fingerprint density at radius 1 is 0.923 bits per heavy atom. The van der Waals surface area contributed by atoms with Crippen molar-refractivity contribution in [2.75, 3.05) is 6.54 Å². The van der Waals surface area contributed by atoms with Crippen molar-refractivity contribution in [3.63, 3.8) is 0 Å². The zero-order valence-electron chi connectivity index (χ0n) is 14.3. The van der Waals surface area contributed by atoms with Gasteiger partial charge in [-0.05, 0) is 34.9 Å². The number of hydrogen-bond acceptors (Lipinski definition) is 3. The molecule has 1 unspecified atom stereocenters. The molecule has 5 heteroatoms. The van der Waals surface area contributed by atoms with E-state index in [1.54, 1.807) is 18.7 Å². The molecule has 3 aromatic rings. The van der Waals surface area contributed by atoms with E-state index in [-0.39, 0.29) is 6.10 Å². The molecule has 0 spiro atoms. The maximum atomic E-state index is 12.9. The molecule has 133 valence electrons. The molecule has 4 rings (SSSR count). The molecule has 1 radical (unpaired) electrons. The molecule has 4 nitrogen and oxygen atoms in total. The van der Waals surface area contributed by atoms with Crippen molar-refractivity contribution in [2.45, 2.75) is 24.0 Å². The van der Waals surface area contributed by atoms with Gasteiger partial charge in [-0.3, -0.25) is 0 Å². The molecular weight excluding hydrogens is 346 g/mol. The van der Waals surface area contributed by atoms with Crippen LogP contribution in [0.5, 0.6) is 0 Å². The molecule has 3 aromatic carbocycles. The van der Waals surface area contributed by atoms with Crippen molar-refractivity contribution in [3.8, 4) is 0 Å². The maximum absolute atomic E-state index is 12.9. The number of rotatable bonds is 5. The Kier molecular flexibility index (Phi) is 4.76. The second-order valence-electron chi connectivity index (χ2n) is 6.42. The monoisotopic (exact) mass is 366 g/mol. The highest BCUT2D eigenvalue weighted by Gasteiger charge is 2.33. The number of sulfonamides is 1. The summed E-state index contributed by atoms with van der Waals surface area (Å²) in [5.74, 6) is 0. The van der Waals surface area contributed by atoms with E-state index in [2.05, 4.69) is 0 Å². The predicted octanol–water partition coefficient (Wildman–Crippen LogP) is 3.98. The van der Waals surface area contributed by atoms with E-state index in [9.17, 15) is 8.42 Å². The third-order valence-electron chi connectivity index (χ3n) is 4.61. The molecule has 0 bridgehead atoms. The second kappa shape index (κ2) is 7.19. The first-order chi connectivity index (χ1) is 12.6. The number of fused-ring (bicyclic) bond motifs is 1. The van der Waals surface area contributed by atoms with Crippen LogP contribution in [0.4, 0.5) is 0 Å². The molecule has 0 aromatic heterocycles. The molecule has 1 heterocycles. The summed E-state index contributed by atoms with van der Waals surface area (Å²) in [6.07, 6.45) is 0.477. The number of nitrogens with zero attached hydrogens (tertiary/aromatic N) is 1. The van der Waals surface area contributed by atoms with Gasteiger partial charge in [-0.2, -0.15) is 4.31 Å². The fraction of sp³-hybridized carbons (Fsp3) is 0.190. The summed E-state index contributed by atoms with van der Waals surface area (Å²) in [6.45, 7) is 2.56. The highest BCUT2D eigenvalue weighted by atomic mass is 32.2. The van der Waals surface area contributed by atoms with Crippen molar-refractivity contribution < 1.29 is 13.2 Å². The summed E-state index contributed by atoms with van der Waals surface area (Å²) in [6, 6.07) is 22.9. The summed E-state index contributed by atoms with van der Waals surface area (Å²) in [5.41, 5.74) is 1.09. The van der Waals surface area contributed by atoms with Gasteiger partial charge in [0.15, 0.2) is 0 Å². The maximum Gasteiger partial charge on any atom is 0.243 e. The smallest absolute Gasteiger partial charge is 0.243 e. The van der Waals surface area contributed by atoms with Gasteiger partial charge in [-0.15, -0.1) is 0 Å². The zero-order chi connectivity index (χ0) is 18.0. The normalized spacial score (nSPS) is 18.4. The van der Waals surface area contributed by atoms with Gasteiger partial charge in [-0.25, -0.2) is 8.42 Å². The fourth-order valence-corrected chi connectivity index (χ4v) is 4.59. The van der Waals surface area contributed by atoms with Crippen LogP contribution in [-0.4, -0.2) is 25.4 Å². The van der Waals surface area contributed by atoms with Crippen LogP contribution in [0.1, 0.15) is 12.0 Å². The first-order valence-electron chi connectivity index (χ1n) is 8.62. The number of ether oxygens (including phenoxy) is 1. The van der Waals surface area contributed by atoms with Gasteiger partial charge in [0.1, 0.15) is 0 Å². The molecular formula is C21H20NO3S. The summed E-state index contributed by atoms with van der Waals surface area (Å²) in [7, 11) is -3.55. The highest BCUT2D eigenvalue weighted by molar-refractivity contribution is 7.89. The van der Waals surface area contributed by atoms with Crippen molar-refractivity contribution in [1.82, 2.24) is 4.31 Å². The fourth-order valence-electron chi connectivity index (χ4n) is 3.15. The summed E-state index contributed by atoms with van der Waals surface area (Å²) >= 11 is 0. The van der Waals surface area contributed by atoms with Crippen LogP contribution in [0.2, 0.25) is 0 Å². The molecule has 0 N–H and O–H groups in total. The average molecular weight is 366 g/mol. The van der Waals surface area contributed by atoms with Crippen molar-refractivity contribution in [3.05, 3.63) is 84.9 Å². The molecule has 1 saturated heterocycles. The van der Waals surface area contributed by atoms with E-state index in [1.165, 1.54) is 4.31 Å². The molecule has 26 heavy (non-hydrogen) atoms. The topological polar surface area (TPSA) is 46.6 Å². The SMILES string of the molecule is O=S(=O)(c1ccc2ccccc2c1)N1[CH]CC(OCc2ccccc2)C1. The molecule has 1 atom stereocenters. The van der Waals surface area contributed by atoms with E-state index >= 15 is 0 Å². The van der Waals surface area contributed by atoms with Crippen LogP contribution in [0, 0.1) is 6.54 Å². The minimum atomic E-state index is -3.55. The molecule has 0 saturated carbocycles. The zero-order valence-corrected chi connectivity index (χ0v) is 15.1. The number of benzene rings is 3. The second-order valence-corrected chi connectivity index (χ2v) is 8.31. The van der Waals surface area contributed by atoms with Crippen molar-refractivity contribution in [1.29, 1.82) is 0 Å². The van der Waals surface area contributed by atoms with Crippen LogP contribution in [-0.2, 0) is 21.4 Å². The lowest BCUT2D eigenvalue weighted by atomic mass is 10.1. The van der Waals surface area contributed by atoms with Gasteiger partial charge in [0.25, 0.3) is 0 Å². The molecule has 0 aliphatic carbocycles. The lowest BCUT2D eigenvalue weighted by Gasteiger charge is -2.17. The van der Waals surface area contributed by atoms with E-state index in [4.69, 9.17) is 4.74 Å². The van der Waals surface area contributed by atoms with Gasteiger partial charge in [0, 0.05) is 13.1 Å². The lowest BCUT2D eigenvalue weighted by Crippen LogP contribution is -2.28. The molecule has 1 aliphatic heterocycles. The van der Waals surface area contributed by atoms with Crippen LogP contribution in [0.15, 0.2) is 77.7 Å². The Labute approximate surface area is 154 Å². The lowest BCUT2D eigenvalue weighted by molar-refractivity contribution is 0.0512. The predicted molar refractivity (Wildman–Crippen MR) is 102 cm³/mol. The largest absolute Gasteiger partial charge is 0.372 e. The first-order valence-corrected chi connectivity index (χ1v) is 10.1. The van der Waals surface area contributed by atoms with E-state index < -0.39 is 10.0 Å². The Balaban J connectivity index is 1.46. The van der Waals surface area contributed by atoms with Gasteiger partial charge in [-0.1, -0.05) is 60.7 Å². The summed E-state index contributed by atoms with van der Waals surface area (Å²) in [5, 5.41) is 1.95. The molecule has 0 amide bonds. The van der Waals surface area contributed by atoms with Gasteiger partial charge in [0.05, 0.1) is 17.6 Å². The van der Waals surface area contributed by atoms with Crippen LogP contribution >= 0.6 is 0 Å². The van der Waals surface area contributed by atoms with Gasteiger partial charge >= 0.3 is 0 Å². The Hall–Kier alpha value is -2.21. The summed E-state index contributed by atoms with van der Waals surface area (Å²) < 4.78 is 33.2. The molecule has 1 aliphatic rings. The Bertz CT molecular complexity index is 1000. The average Bonchev–Trinajstić information content (AvgIpc) is 3.17. The highest BCUT2D eigenvalue weighted by Crippen LogP contribution is 2.27. The Morgan fingerprint density at radius 2 is 1.65 bits per heavy atom. The van der Waals surface area contributed by atoms with Crippen LogP contribution in [0.25, 0.3) is 10.8 Å². The minimum absolute atomic E-state index is 0.120. The van der Waals surface area contributed by atoms with Crippen LogP contribution < -0.4 is 0 Å². The number of hydrogen-bond donors (Lipinski definition) is 0. The van der Waals surface area contributed by atoms with Crippen LogP contribution in [0.3, 0.4) is 0 Å². The molecule has 1 fully saturated rings. The van der Waals surface area contributed by atoms with Gasteiger partial charge < -0.3 is 4.74 Å². The third kappa shape index (κ3) is 3.51. The van der Waals surface area contributed by atoms with Crippen molar-refractivity contribution >= 4 is 20.8 Å². The van der Waals surface area contributed by atoms with Crippen molar-refractivity contribution in [2.24, 2.45) is 0 Å². The van der Waals surface area contributed by atoms with Gasteiger partial charge in [0.2, 0.25) is 10.0 Å². The van der Waals surface area contributed by atoms with E-state index in [0.29, 0.717) is 24.5 Å². The van der Waals surface area contributed by atoms with E-state index in [1.807, 2.05) is 60.7 Å². The minimum Gasteiger partial charge on any atom is -0.372 e. The summed E-state index contributed by atoms with van der Waals surface area (Å²) in [4.78, 5) is 0.316. The quantitative estimate of drug-likeness (QED) is 0.686. The third-order valence-corrected chi connectivity index (χ3v) is 6.38. The standard InChI is InChI=1S/C21H20NO3S/c23-26(24,21-11-10-18-8-4-5-9-19(18)14-21)22-13-12-20(15-22)25-16-17-6-2-1-3-7-17/h1-11,13-14,20H,12,15-16H2.